The van der Waals surface area contributed by atoms with Crippen LogP contribution in [0.1, 0.15) is 40.0 Å². The van der Waals surface area contributed by atoms with Gasteiger partial charge in [-0.1, -0.05) is 42.6 Å². The fourth-order valence-electron chi connectivity index (χ4n) is 2.98. The number of sulfonamides is 1. The summed E-state index contributed by atoms with van der Waals surface area (Å²) in [6.45, 7) is 6.59. The molecule has 1 aliphatic carbocycles. The minimum absolute atomic E-state index is 0.0118. The van der Waals surface area contributed by atoms with E-state index in [1.54, 1.807) is 18.2 Å². The summed E-state index contributed by atoms with van der Waals surface area (Å²) < 4.78 is 34.7. The van der Waals surface area contributed by atoms with Crippen LogP contribution in [0, 0.1) is 11.8 Å². The van der Waals surface area contributed by atoms with Gasteiger partial charge in [0.05, 0.1) is 6.61 Å². The van der Waals surface area contributed by atoms with Crippen LogP contribution in [0.25, 0.3) is 0 Å². The van der Waals surface area contributed by atoms with Crippen molar-refractivity contribution in [2.75, 3.05) is 6.61 Å². The topological polar surface area (TPSA) is 55.4 Å². The maximum atomic E-state index is 12.8. The van der Waals surface area contributed by atoms with Gasteiger partial charge in [-0.25, -0.2) is 13.1 Å². The smallest absolute Gasteiger partial charge is 0.244 e. The van der Waals surface area contributed by atoms with E-state index in [9.17, 15) is 8.42 Å². The van der Waals surface area contributed by atoms with E-state index >= 15 is 0 Å². The first-order valence-corrected chi connectivity index (χ1v) is 10.1. The standard InChI is InChI=1S/C16H24BrNO3S/c1-4-21-15-9-8-13(17)10-16(15)22(19,20)18-14-7-5-6-11(2)12(14)3/h8-12,14,18H,4-7H2,1-3H3/t11-,12-,14+/m0/s1. The highest BCUT2D eigenvalue weighted by molar-refractivity contribution is 9.10. The highest BCUT2D eigenvalue weighted by Gasteiger charge is 2.32. The SMILES string of the molecule is CCOc1ccc(Br)cc1S(=O)(=O)N[C@@H]1CCC[C@H](C)[C@@H]1C. The Labute approximate surface area is 141 Å². The average molecular weight is 390 g/mol. The van der Waals surface area contributed by atoms with Crippen LogP contribution in [0.2, 0.25) is 0 Å². The van der Waals surface area contributed by atoms with E-state index in [-0.39, 0.29) is 10.9 Å². The van der Waals surface area contributed by atoms with Gasteiger partial charge in [0.1, 0.15) is 10.6 Å². The summed E-state index contributed by atoms with van der Waals surface area (Å²) in [6.07, 6.45) is 3.12. The van der Waals surface area contributed by atoms with Crippen LogP contribution in [0.3, 0.4) is 0 Å². The number of halogens is 1. The lowest BCUT2D eigenvalue weighted by Crippen LogP contribution is -2.43. The molecule has 0 bridgehead atoms. The third-order valence-electron chi connectivity index (χ3n) is 4.51. The zero-order chi connectivity index (χ0) is 16.3. The number of hydrogen-bond donors (Lipinski definition) is 1. The predicted molar refractivity (Wildman–Crippen MR) is 91.6 cm³/mol. The van der Waals surface area contributed by atoms with Crippen LogP contribution in [0.4, 0.5) is 0 Å². The molecular formula is C16H24BrNO3S. The molecular weight excluding hydrogens is 366 g/mol. The summed E-state index contributed by atoms with van der Waals surface area (Å²) in [7, 11) is -3.60. The summed E-state index contributed by atoms with van der Waals surface area (Å²) in [5.41, 5.74) is 0. The molecule has 1 aromatic carbocycles. The van der Waals surface area contributed by atoms with Crippen molar-refractivity contribution in [3.63, 3.8) is 0 Å². The molecule has 0 aliphatic heterocycles. The highest BCUT2D eigenvalue weighted by atomic mass is 79.9. The highest BCUT2D eigenvalue weighted by Crippen LogP contribution is 2.32. The average Bonchev–Trinajstić information content (AvgIpc) is 2.46. The van der Waals surface area contributed by atoms with Crippen LogP contribution in [-0.4, -0.2) is 21.1 Å². The number of rotatable bonds is 5. The van der Waals surface area contributed by atoms with Crippen LogP contribution >= 0.6 is 15.9 Å². The molecule has 1 fully saturated rings. The Balaban J connectivity index is 2.28. The zero-order valence-electron chi connectivity index (χ0n) is 13.3. The molecule has 1 N–H and O–H groups in total. The first kappa shape index (κ1) is 17.8. The molecule has 1 aliphatic rings. The fraction of sp³-hybridized carbons (Fsp3) is 0.625. The minimum atomic E-state index is -3.60. The number of benzene rings is 1. The van der Waals surface area contributed by atoms with Crippen molar-refractivity contribution in [1.29, 1.82) is 0 Å². The number of ether oxygens (including phenoxy) is 1. The van der Waals surface area contributed by atoms with Crippen LogP contribution in [0.5, 0.6) is 5.75 Å². The first-order chi connectivity index (χ1) is 10.3. The Kier molecular flexibility index (Phi) is 5.91. The number of hydrogen-bond acceptors (Lipinski definition) is 3. The second-order valence-corrected chi connectivity index (χ2v) is 8.62. The predicted octanol–water partition coefficient (Wildman–Crippen LogP) is 3.95. The second kappa shape index (κ2) is 7.32. The van der Waals surface area contributed by atoms with E-state index < -0.39 is 10.0 Å². The van der Waals surface area contributed by atoms with Crippen molar-refractivity contribution in [1.82, 2.24) is 4.72 Å². The van der Waals surface area contributed by atoms with E-state index in [0.717, 1.165) is 17.3 Å². The molecule has 3 atom stereocenters. The van der Waals surface area contributed by atoms with Gasteiger partial charge in [0.25, 0.3) is 0 Å². The summed E-state index contributed by atoms with van der Waals surface area (Å²) in [5, 5.41) is 0. The molecule has 1 aromatic rings. The molecule has 124 valence electrons. The summed E-state index contributed by atoms with van der Waals surface area (Å²) in [4.78, 5) is 0.203. The van der Waals surface area contributed by atoms with Gasteiger partial charge in [-0.05, 0) is 43.4 Å². The summed E-state index contributed by atoms with van der Waals surface area (Å²) >= 11 is 3.34. The van der Waals surface area contributed by atoms with Gasteiger partial charge in [0.15, 0.2) is 0 Å². The molecule has 1 saturated carbocycles. The Morgan fingerprint density at radius 3 is 2.73 bits per heavy atom. The Morgan fingerprint density at radius 1 is 1.32 bits per heavy atom. The van der Waals surface area contributed by atoms with Crippen LogP contribution in [0.15, 0.2) is 27.6 Å². The quantitative estimate of drug-likeness (QED) is 0.828. The molecule has 0 heterocycles. The molecule has 0 saturated heterocycles. The third kappa shape index (κ3) is 4.03. The molecule has 22 heavy (non-hydrogen) atoms. The molecule has 0 aromatic heterocycles. The number of nitrogens with one attached hydrogen (secondary N) is 1. The Morgan fingerprint density at radius 2 is 2.05 bits per heavy atom. The van der Waals surface area contributed by atoms with Gasteiger partial charge >= 0.3 is 0 Å². The van der Waals surface area contributed by atoms with Crippen molar-refractivity contribution < 1.29 is 13.2 Å². The molecule has 2 rings (SSSR count). The molecule has 0 unspecified atom stereocenters. The first-order valence-electron chi connectivity index (χ1n) is 7.80. The van der Waals surface area contributed by atoms with Gasteiger partial charge in [0.2, 0.25) is 10.0 Å². The maximum Gasteiger partial charge on any atom is 0.244 e. The van der Waals surface area contributed by atoms with Crippen LogP contribution in [-0.2, 0) is 10.0 Å². The van der Waals surface area contributed by atoms with Gasteiger partial charge < -0.3 is 4.74 Å². The third-order valence-corrected chi connectivity index (χ3v) is 6.51. The lowest BCUT2D eigenvalue weighted by molar-refractivity contribution is 0.226. The fourth-order valence-corrected chi connectivity index (χ4v) is 5.02. The lowest BCUT2D eigenvalue weighted by Gasteiger charge is -2.34. The molecule has 4 nitrogen and oxygen atoms in total. The molecule has 0 spiro atoms. The summed E-state index contributed by atoms with van der Waals surface area (Å²) in [5.74, 6) is 1.27. The van der Waals surface area contributed by atoms with Crippen molar-refractivity contribution in [3.8, 4) is 5.75 Å². The molecule has 0 radical (unpaired) electrons. The van der Waals surface area contributed by atoms with Gasteiger partial charge in [-0.2, -0.15) is 0 Å². The Bertz CT molecular complexity index is 618. The van der Waals surface area contributed by atoms with E-state index in [0.29, 0.717) is 24.2 Å². The van der Waals surface area contributed by atoms with Crippen molar-refractivity contribution in [2.24, 2.45) is 11.8 Å². The van der Waals surface area contributed by atoms with Gasteiger partial charge in [-0.3, -0.25) is 0 Å². The van der Waals surface area contributed by atoms with Gasteiger partial charge in [-0.15, -0.1) is 0 Å². The monoisotopic (exact) mass is 389 g/mol. The molecule has 6 heteroatoms. The second-order valence-electron chi connectivity index (χ2n) is 6.02. The molecule has 0 amide bonds. The van der Waals surface area contributed by atoms with E-state index in [4.69, 9.17) is 4.74 Å². The Hall–Kier alpha value is -0.590. The van der Waals surface area contributed by atoms with Crippen LogP contribution < -0.4 is 9.46 Å². The van der Waals surface area contributed by atoms with Gasteiger partial charge in [0, 0.05) is 10.5 Å². The van der Waals surface area contributed by atoms with E-state index in [2.05, 4.69) is 34.5 Å². The zero-order valence-corrected chi connectivity index (χ0v) is 15.7. The minimum Gasteiger partial charge on any atom is -0.492 e. The van der Waals surface area contributed by atoms with E-state index in [1.807, 2.05) is 6.92 Å². The van der Waals surface area contributed by atoms with Crippen molar-refractivity contribution in [2.45, 2.75) is 51.0 Å². The van der Waals surface area contributed by atoms with Crippen molar-refractivity contribution >= 4 is 26.0 Å². The van der Waals surface area contributed by atoms with E-state index in [1.165, 1.54) is 6.42 Å². The largest absolute Gasteiger partial charge is 0.492 e. The van der Waals surface area contributed by atoms with Crippen molar-refractivity contribution in [3.05, 3.63) is 22.7 Å². The normalized spacial score (nSPS) is 25.9. The maximum absolute atomic E-state index is 12.8. The summed E-state index contributed by atoms with van der Waals surface area (Å²) in [6, 6.07) is 5.07. The lowest BCUT2D eigenvalue weighted by atomic mass is 9.78.